The van der Waals surface area contributed by atoms with E-state index < -0.39 is 93.7 Å². The first kappa shape index (κ1) is 47.7. The summed E-state index contributed by atoms with van der Waals surface area (Å²) in [6.07, 6.45) is -5.31. The number of alkyl halides is 5. The van der Waals surface area contributed by atoms with E-state index in [1.54, 1.807) is 66.7 Å². The second-order valence-corrected chi connectivity index (χ2v) is 20.2. The molecule has 0 saturated carbocycles. The third-order valence-corrected chi connectivity index (χ3v) is 14.5. The first-order chi connectivity index (χ1) is 33.2. The molecule has 70 heavy (non-hydrogen) atoms. The van der Waals surface area contributed by atoms with Crippen LogP contribution in [0, 0.1) is 5.82 Å². The number of rotatable bonds is 11. The van der Waals surface area contributed by atoms with E-state index in [-0.39, 0.29) is 61.1 Å². The van der Waals surface area contributed by atoms with Gasteiger partial charge >= 0.3 is 18.3 Å². The van der Waals surface area contributed by atoms with Gasteiger partial charge in [-0.15, -0.1) is 0 Å². The van der Waals surface area contributed by atoms with Gasteiger partial charge < -0.3 is 33.5 Å². The Kier molecular flexibility index (Phi) is 11.9. The van der Waals surface area contributed by atoms with Gasteiger partial charge in [-0.3, -0.25) is 9.80 Å². The number of halogens is 7. The minimum Gasteiger partial charge on any atom is -0.497 e. The maximum Gasteiger partial charge on any atom is 0.418 e. The van der Waals surface area contributed by atoms with Crippen molar-refractivity contribution in [1.82, 2.24) is 24.8 Å². The fourth-order valence-electron chi connectivity index (χ4n) is 10.9. The summed E-state index contributed by atoms with van der Waals surface area (Å²) in [5, 5.41) is -0.534. The molecule has 0 aliphatic carbocycles. The molecule has 4 saturated heterocycles. The summed E-state index contributed by atoms with van der Waals surface area (Å²) in [5.41, 5.74) is -3.58. The molecule has 5 aromatic rings. The molecule has 0 spiro atoms. The summed E-state index contributed by atoms with van der Waals surface area (Å²) >= 11 is 7.25. The van der Waals surface area contributed by atoms with Crippen molar-refractivity contribution in [1.29, 1.82) is 0 Å². The molecule has 5 atom stereocenters. The van der Waals surface area contributed by atoms with Crippen molar-refractivity contribution >= 4 is 40.2 Å². The first-order valence-corrected chi connectivity index (χ1v) is 23.6. The van der Waals surface area contributed by atoms with Gasteiger partial charge in [-0.25, -0.2) is 22.9 Å². The fraction of sp³-hybridized carbons (Fsp3) is 0.480. The van der Waals surface area contributed by atoms with Crippen molar-refractivity contribution < 1.29 is 54.8 Å². The maximum atomic E-state index is 18.1. The minimum atomic E-state index is -5.06. The van der Waals surface area contributed by atoms with Crippen LogP contribution in [0.25, 0.3) is 22.2 Å². The monoisotopic (exact) mass is 995 g/mol. The molecular weight excluding hydrogens is 944 g/mol. The lowest BCUT2D eigenvalue weighted by molar-refractivity contribution is -0.137. The second kappa shape index (κ2) is 17.4. The highest BCUT2D eigenvalue weighted by Gasteiger charge is 2.60. The third kappa shape index (κ3) is 8.59. The molecule has 2 aromatic heterocycles. The van der Waals surface area contributed by atoms with Crippen LogP contribution in [0.4, 0.5) is 42.8 Å². The number of ether oxygens (including phenoxy) is 5. The fourth-order valence-corrected chi connectivity index (χ4v) is 11.2. The van der Waals surface area contributed by atoms with Gasteiger partial charge in [0.25, 0.3) is 5.92 Å². The number of nitrogens with zero attached hydrogens (tertiary/aromatic N) is 7. The van der Waals surface area contributed by atoms with Crippen molar-refractivity contribution in [3.05, 3.63) is 88.2 Å². The van der Waals surface area contributed by atoms with Crippen molar-refractivity contribution in [2.45, 2.75) is 114 Å². The number of fused-ring (bicyclic) bond motifs is 6. The van der Waals surface area contributed by atoms with Crippen LogP contribution in [0.2, 0.25) is 5.02 Å². The highest BCUT2D eigenvalue weighted by atomic mass is 35.5. The molecule has 3 aromatic carbocycles. The van der Waals surface area contributed by atoms with Crippen molar-refractivity contribution in [3.63, 3.8) is 0 Å². The van der Waals surface area contributed by atoms with Crippen LogP contribution < -0.4 is 28.7 Å². The maximum absolute atomic E-state index is 18.1. The van der Waals surface area contributed by atoms with E-state index in [2.05, 4.69) is 9.97 Å². The smallest absolute Gasteiger partial charge is 0.418 e. The van der Waals surface area contributed by atoms with Crippen molar-refractivity contribution in [3.8, 4) is 34.5 Å². The van der Waals surface area contributed by atoms with Crippen LogP contribution in [-0.4, -0.2) is 113 Å². The quantitative estimate of drug-likeness (QED) is 0.117. The lowest BCUT2D eigenvalue weighted by Crippen LogP contribution is -2.65. The lowest BCUT2D eigenvalue weighted by Gasteiger charge is -2.48. The molecule has 20 heteroatoms. The van der Waals surface area contributed by atoms with Crippen molar-refractivity contribution in [2.75, 3.05) is 50.3 Å². The average Bonchev–Trinajstić information content (AvgIpc) is 3.66. The number of pyridine rings is 1. The first-order valence-electron chi connectivity index (χ1n) is 23.2. The number of carbonyl (C=O) groups is 1. The number of benzene rings is 3. The van der Waals surface area contributed by atoms with E-state index >= 15 is 17.6 Å². The van der Waals surface area contributed by atoms with Gasteiger partial charge in [-0.2, -0.15) is 23.1 Å². The number of anilines is 2. The van der Waals surface area contributed by atoms with Gasteiger partial charge in [-0.1, -0.05) is 35.9 Å². The van der Waals surface area contributed by atoms with Crippen LogP contribution in [-0.2, 0) is 24.0 Å². The zero-order valence-corrected chi connectivity index (χ0v) is 40.1. The number of amides is 1. The largest absolute Gasteiger partial charge is 0.497 e. The van der Waals surface area contributed by atoms with E-state index in [4.69, 9.17) is 40.3 Å². The predicted octanol–water partition coefficient (Wildman–Crippen LogP) is 10.3. The molecule has 10 rings (SSSR count). The van der Waals surface area contributed by atoms with Gasteiger partial charge in [0.1, 0.15) is 47.0 Å². The SMILES string of the molecule is COc1ccc(CN(Cc2ccc(OC)cc2)c2ccc(C(F)(F)F)c(-c3c(Cl)c4c5c(nc(OCC67CCN6CC(F)(F)C7)nc5c3F)N3C[C@H]5CC[C@@H]([C@H]3[C@H](C)O4)N5C(=O)OC(C)(C)C)n2)cc1. The van der Waals surface area contributed by atoms with E-state index in [0.717, 1.165) is 17.2 Å². The summed E-state index contributed by atoms with van der Waals surface area (Å²) in [6, 6.07) is 14.5. The standard InChI is InChI=1S/C50H52ClF6N7O6/c1-27-42-34-17-11-30(64(34)46(65)70-47(2,3)4)23-63(42)44-37-41(59-45(60-44)68-26-48-19-20-62(48)25-49(53,54)24-48)39(52)36(38(51)43(37)69-27)40-33(50(55,56)57)16-18-35(58-40)61(21-28-7-12-31(66-5)13-8-28)22-29-9-14-32(67-6)15-10-29/h7-10,12-16,18,27,30,34,42H,11,17,19-26H2,1-6H3/t27-,30+,34-,42+,48?/m0/s1. The van der Waals surface area contributed by atoms with E-state index in [1.165, 1.54) is 20.3 Å². The summed E-state index contributed by atoms with van der Waals surface area (Å²) in [7, 11) is 3.07. The predicted molar refractivity (Wildman–Crippen MR) is 249 cm³/mol. The average molecular weight is 996 g/mol. The van der Waals surface area contributed by atoms with Crippen LogP contribution in [0.5, 0.6) is 23.3 Å². The van der Waals surface area contributed by atoms with Crippen LogP contribution in [0.3, 0.4) is 0 Å². The summed E-state index contributed by atoms with van der Waals surface area (Å²) < 4.78 is 123. The Morgan fingerprint density at radius 2 is 1.59 bits per heavy atom. The molecule has 5 aliphatic rings. The lowest BCUT2D eigenvalue weighted by atomic mass is 9.85. The summed E-state index contributed by atoms with van der Waals surface area (Å²) in [5.74, 6) is -3.02. The zero-order valence-electron chi connectivity index (χ0n) is 39.4. The number of carbonyl (C=O) groups excluding carboxylic acids is 1. The number of aromatic nitrogens is 3. The van der Waals surface area contributed by atoms with Crippen molar-refractivity contribution in [2.24, 2.45) is 0 Å². The molecule has 0 N–H and O–H groups in total. The Morgan fingerprint density at radius 3 is 2.16 bits per heavy atom. The molecule has 7 heterocycles. The Balaban J connectivity index is 1.13. The highest BCUT2D eigenvalue weighted by Crippen LogP contribution is 2.53. The molecule has 372 valence electrons. The number of piperazine rings is 1. The molecule has 13 nitrogen and oxygen atoms in total. The summed E-state index contributed by atoms with van der Waals surface area (Å²) in [6.45, 7) is 7.31. The summed E-state index contributed by atoms with van der Waals surface area (Å²) in [4.78, 5) is 34.8. The second-order valence-electron chi connectivity index (χ2n) is 19.9. The van der Waals surface area contributed by atoms with Gasteiger partial charge in [0, 0.05) is 32.6 Å². The van der Waals surface area contributed by atoms with E-state index in [9.17, 15) is 13.6 Å². The third-order valence-electron chi connectivity index (χ3n) is 14.1. The Bertz CT molecular complexity index is 2790. The minimum absolute atomic E-state index is 0.0285. The van der Waals surface area contributed by atoms with Gasteiger partial charge in [0.2, 0.25) is 0 Å². The molecule has 4 fully saturated rings. The molecule has 1 unspecified atom stereocenters. The number of hydrogen-bond donors (Lipinski definition) is 0. The van der Waals surface area contributed by atoms with Gasteiger partial charge in [0.05, 0.1) is 71.7 Å². The van der Waals surface area contributed by atoms with Gasteiger partial charge in [0.15, 0.2) is 11.6 Å². The molecule has 0 radical (unpaired) electrons. The molecular formula is C50H52ClF6N7O6. The highest BCUT2D eigenvalue weighted by molar-refractivity contribution is 6.36. The topological polar surface area (TPSA) is 115 Å². The van der Waals surface area contributed by atoms with Crippen LogP contribution in [0.1, 0.15) is 70.1 Å². The van der Waals surface area contributed by atoms with Gasteiger partial charge in [-0.05, 0) is 94.5 Å². The molecule has 5 aliphatic heterocycles. The van der Waals surface area contributed by atoms with E-state index in [0.29, 0.717) is 37.3 Å². The molecule has 2 bridgehead atoms. The Hall–Kier alpha value is -5.95. The van der Waals surface area contributed by atoms with Crippen LogP contribution in [0.15, 0.2) is 60.7 Å². The van der Waals surface area contributed by atoms with Crippen LogP contribution >= 0.6 is 11.6 Å². The zero-order chi connectivity index (χ0) is 49.7. The normalized spacial score (nSPS) is 23.5. The van der Waals surface area contributed by atoms with E-state index in [1.807, 2.05) is 29.2 Å². The molecule has 1 amide bonds. The Morgan fingerprint density at radius 1 is 0.929 bits per heavy atom. The Labute approximate surface area is 405 Å². The number of methoxy groups -OCH3 is 2. The number of hydrogen-bond acceptors (Lipinski definition) is 12.